The van der Waals surface area contributed by atoms with Crippen LogP contribution in [-0.4, -0.2) is 5.91 Å². The summed E-state index contributed by atoms with van der Waals surface area (Å²) in [6, 6.07) is 7.42. The third-order valence-corrected chi connectivity index (χ3v) is 6.09. The molecule has 1 aliphatic rings. The van der Waals surface area contributed by atoms with Crippen molar-refractivity contribution in [2.45, 2.75) is 26.2 Å². The second-order valence-electron chi connectivity index (χ2n) is 6.13. The van der Waals surface area contributed by atoms with Gasteiger partial charge in [0.2, 0.25) is 5.91 Å². The molecule has 0 fully saturated rings. The number of anilines is 1. The Bertz CT molecular complexity index is 875. The molecule has 0 radical (unpaired) electrons. The van der Waals surface area contributed by atoms with Crippen LogP contribution < -0.4 is 5.32 Å². The maximum absolute atomic E-state index is 12.3. The van der Waals surface area contributed by atoms with Crippen molar-refractivity contribution in [1.82, 2.24) is 0 Å². The van der Waals surface area contributed by atoms with Crippen LogP contribution in [0.1, 0.15) is 34.9 Å². The standard InChI is InChI=1S/C19H16Cl2N2OS/c1-11-5-6-12-14(10-22)19(25-17(12)9-11)23-18(24)8-7-13-15(20)3-2-4-16(13)21/h2-4,7-8,11H,5-6,9H2,1H3,(H,23,24). The highest BCUT2D eigenvalue weighted by molar-refractivity contribution is 7.16. The van der Waals surface area contributed by atoms with Crippen LogP contribution in [0.5, 0.6) is 0 Å². The van der Waals surface area contributed by atoms with E-state index in [0.29, 0.717) is 32.1 Å². The second kappa shape index (κ2) is 7.61. The van der Waals surface area contributed by atoms with Crippen molar-refractivity contribution >= 4 is 51.5 Å². The lowest BCUT2D eigenvalue weighted by atomic mass is 9.89. The van der Waals surface area contributed by atoms with E-state index < -0.39 is 0 Å². The number of fused-ring (bicyclic) bond motifs is 1. The first kappa shape index (κ1) is 18.0. The molecule has 0 aliphatic heterocycles. The fourth-order valence-electron chi connectivity index (χ4n) is 2.94. The number of nitrogens with one attached hydrogen (secondary N) is 1. The van der Waals surface area contributed by atoms with Gasteiger partial charge in [-0.1, -0.05) is 36.2 Å². The monoisotopic (exact) mass is 390 g/mol. The highest BCUT2D eigenvalue weighted by Crippen LogP contribution is 2.39. The average molecular weight is 391 g/mol. The number of halogens is 2. The van der Waals surface area contributed by atoms with E-state index in [1.807, 2.05) is 0 Å². The molecule has 3 rings (SSSR count). The van der Waals surface area contributed by atoms with Gasteiger partial charge in [-0.15, -0.1) is 11.3 Å². The molecule has 128 valence electrons. The molecule has 3 nitrogen and oxygen atoms in total. The predicted molar refractivity (Wildman–Crippen MR) is 104 cm³/mol. The fourth-order valence-corrected chi connectivity index (χ4v) is 4.83. The lowest BCUT2D eigenvalue weighted by molar-refractivity contribution is -0.111. The SMILES string of the molecule is CC1CCc2c(sc(NC(=O)C=Cc3c(Cl)cccc3Cl)c2C#N)C1. The number of rotatable bonds is 3. The van der Waals surface area contributed by atoms with Crippen LogP contribution in [-0.2, 0) is 17.6 Å². The number of hydrogen-bond donors (Lipinski definition) is 1. The van der Waals surface area contributed by atoms with Crippen LogP contribution in [0.3, 0.4) is 0 Å². The van der Waals surface area contributed by atoms with Gasteiger partial charge in [0.1, 0.15) is 11.1 Å². The number of nitriles is 1. The van der Waals surface area contributed by atoms with Gasteiger partial charge in [0.25, 0.3) is 0 Å². The third kappa shape index (κ3) is 3.90. The van der Waals surface area contributed by atoms with Gasteiger partial charge in [-0.3, -0.25) is 4.79 Å². The van der Waals surface area contributed by atoms with E-state index in [1.54, 1.807) is 24.3 Å². The summed E-state index contributed by atoms with van der Waals surface area (Å²) in [5.41, 5.74) is 2.30. The zero-order valence-corrected chi connectivity index (χ0v) is 15.9. The summed E-state index contributed by atoms with van der Waals surface area (Å²) in [6.07, 6.45) is 5.92. The van der Waals surface area contributed by atoms with E-state index in [0.717, 1.165) is 24.8 Å². The maximum atomic E-state index is 12.3. The molecular formula is C19H16Cl2N2OS. The lowest BCUT2D eigenvalue weighted by Crippen LogP contribution is -2.10. The zero-order chi connectivity index (χ0) is 18.0. The Morgan fingerprint density at radius 3 is 2.80 bits per heavy atom. The molecular weight excluding hydrogens is 375 g/mol. The second-order valence-corrected chi connectivity index (χ2v) is 8.05. The first-order valence-electron chi connectivity index (χ1n) is 7.97. The van der Waals surface area contributed by atoms with Gasteiger partial charge in [-0.2, -0.15) is 5.26 Å². The molecule has 25 heavy (non-hydrogen) atoms. The van der Waals surface area contributed by atoms with E-state index in [4.69, 9.17) is 23.2 Å². The number of benzene rings is 1. The number of amides is 1. The smallest absolute Gasteiger partial charge is 0.249 e. The molecule has 1 unspecified atom stereocenters. The number of carbonyl (C=O) groups is 1. The van der Waals surface area contributed by atoms with Gasteiger partial charge in [0.15, 0.2) is 0 Å². The number of thiophene rings is 1. The Kier molecular flexibility index (Phi) is 5.48. The topological polar surface area (TPSA) is 52.9 Å². The minimum atomic E-state index is -0.306. The van der Waals surface area contributed by atoms with Gasteiger partial charge in [0, 0.05) is 26.6 Å². The minimum absolute atomic E-state index is 0.306. The fraction of sp³-hybridized carbons (Fsp3) is 0.263. The quantitative estimate of drug-likeness (QED) is 0.682. The van der Waals surface area contributed by atoms with Gasteiger partial charge >= 0.3 is 0 Å². The van der Waals surface area contributed by atoms with Crippen LogP contribution >= 0.6 is 34.5 Å². The zero-order valence-electron chi connectivity index (χ0n) is 13.6. The molecule has 1 aromatic carbocycles. The van der Waals surface area contributed by atoms with Crippen molar-refractivity contribution in [3.8, 4) is 6.07 Å². The lowest BCUT2D eigenvalue weighted by Gasteiger charge is -2.17. The molecule has 1 aliphatic carbocycles. The largest absolute Gasteiger partial charge is 0.313 e. The van der Waals surface area contributed by atoms with Crippen molar-refractivity contribution < 1.29 is 4.79 Å². The van der Waals surface area contributed by atoms with Crippen LogP contribution in [0.4, 0.5) is 5.00 Å². The van der Waals surface area contributed by atoms with E-state index in [9.17, 15) is 10.1 Å². The molecule has 0 bridgehead atoms. The molecule has 1 heterocycles. The summed E-state index contributed by atoms with van der Waals surface area (Å²) in [6.45, 7) is 2.21. The van der Waals surface area contributed by atoms with E-state index in [2.05, 4.69) is 18.3 Å². The predicted octanol–water partition coefficient (Wildman–Crippen LogP) is 5.70. The summed E-state index contributed by atoms with van der Waals surface area (Å²) >= 11 is 13.7. The molecule has 1 atom stereocenters. The van der Waals surface area contributed by atoms with Crippen molar-refractivity contribution in [3.63, 3.8) is 0 Å². The van der Waals surface area contributed by atoms with Crippen molar-refractivity contribution in [3.05, 3.63) is 55.9 Å². The normalized spacial score (nSPS) is 16.5. The molecule has 1 aromatic heterocycles. The van der Waals surface area contributed by atoms with Crippen LogP contribution in [0, 0.1) is 17.2 Å². The van der Waals surface area contributed by atoms with Gasteiger partial charge in [0.05, 0.1) is 5.56 Å². The Balaban J connectivity index is 1.80. The Labute approximate surface area is 160 Å². The van der Waals surface area contributed by atoms with Gasteiger partial charge in [-0.25, -0.2) is 0 Å². The minimum Gasteiger partial charge on any atom is -0.313 e. The van der Waals surface area contributed by atoms with Crippen LogP contribution in [0.15, 0.2) is 24.3 Å². The number of nitrogens with zero attached hydrogens (tertiary/aromatic N) is 1. The molecule has 1 N–H and O–H groups in total. The maximum Gasteiger partial charge on any atom is 0.249 e. The van der Waals surface area contributed by atoms with Crippen molar-refractivity contribution in [2.24, 2.45) is 5.92 Å². The van der Waals surface area contributed by atoms with E-state index in [1.165, 1.54) is 22.3 Å². The average Bonchev–Trinajstić information content (AvgIpc) is 2.90. The molecule has 1 amide bonds. The van der Waals surface area contributed by atoms with Gasteiger partial charge < -0.3 is 5.32 Å². The number of hydrogen-bond acceptors (Lipinski definition) is 3. The molecule has 2 aromatic rings. The van der Waals surface area contributed by atoms with Crippen LogP contribution in [0.2, 0.25) is 10.0 Å². The summed E-state index contributed by atoms with van der Waals surface area (Å²) < 4.78 is 0. The molecule has 0 spiro atoms. The Hall–Kier alpha value is -1.80. The van der Waals surface area contributed by atoms with Crippen molar-refractivity contribution in [1.29, 1.82) is 5.26 Å². The van der Waals surface area contributed by atoms with E-state index >= 15 is 0 Å². The summed E-state index contributed by atoms with van der Waals surface area (Å²) in [5, 5.41) is 13.9. The molecule has 6 heteroatoms. The summed E-state index contributed by atoms with van der Waals surface area (Å²) in [4.78, 5) is 13.5. The summed E-state index contributed by atoms with van der Waals surface area (Å²) in [7, 11) is 0. The molecule has 0 saturated heterocycles. The van der Waals surface area contributed by atoms with Crippen molar-refractivity contribution in [2.75, 3.05) is 5.32 Å². The van der Waals surface area contributed by atoms with Gasteiger partial charge in [-0.05, 0) is 49.0 Å². The highest BCUT2D eigenvalue weighted by Gasteiger charge is 2.24. The molecule has 0 saturated carbocycles. The first-order chi connectivity index (χ1) is 12.0. The van der Waals surface area contributed by atoms with E-state index in [-0.39, 0.29) is 5.91 Å². The Morgan fingerprint density at radius 1 is 1.40 bits per heavy atom. The number of carbonyl (C=O) groups excluding carboxylic acids is 1. The first-order valence-corrected chi connectivity index (χ1v) is 9.54. The Morgan fingerprint density at radius 2 is 2.12 bits per heavy atom. The van der Waals surface area contributed by atoms with Crippen LogP contribution in [0.25, 0.3) is 6.08 Å². The third-order valence-electron chi connectivity index (χ3n) is 4.26. The highest BCUT2D eigenvalue weighted by atomic mass is 35.5. The summed E-state index contributed by atoms with van der Waals surface area (Å²) in [5.74, 6) is 0.308.